The molecule has 6 nitrogen and oxygen atoms in total. The van der Waals surface area contributed by atoms with E-state index in [4.69, 9.17) is 14.2 Å². The zero-order chi connectivity index (χ0) is 16.1. The molecule has 1 amide bonds. The molecule has 0 saturated heterocycles. The topological polar surface area (TPSA) is 69.2 Å². The Morgan fingerprint density at radius 2 is 2.00 bits per heavy atom. The van der Waals surface area contributed by atoms with Crippen molar-refractivity contribution in [1.82, 2.24) is 5.43 Å². The van der Waals surface area contributed by atoms with Crippen LogP contribution >= 0.6 is 0 Å². The van der Waals surface area contributed by atoms with E-state index < -0.39 is 0 Å². The summed E-state index contributed by atoms with van der Waals surface area (Å²) in [5, 5.41) is 3.97. The van der Waals surface area contributed by atoms with Crippen molar-refractivity contribution in [1.29, 1.82) is 0 Å². The second kappa shape index (κ2) is 6.83. The number of rotatable bonds is 4. The molecule has 118 valence electrons. The van der Waals surface area contributed by atoms with Gasteiger partial charge >= 0.3 is 0 Å². The van der Waals surface area contributed by atoms with Crippen molar-refractivity contribution in [2.45, 2.75) is 0 Å². The molecule has 0 atom stereocenters. The summed E-state index contributed by atoms with van der Waals surface area (Å²) >= 11 is 0. The van der Waals surface area contributed by atoms with Gasteiger partial charge < -0.3 is 14.2 Å². The van der Waals surface area contributed by atoms with Crippen LogP contribution in [0.25, 0.3) is 0 Å². The van der Waals surface area contributed by atoms with Crippen LogP contribution in [0.15, 0.2) is 47.6 Å². The fraction of sp³-hybridized carbons (Fsp3) is 0.176. The number of carbonyl (C=O) groups excluding carboxylic acids is 1. The zero-order valence-electron chi connectivity index (χ0n) is 12.6. The number of hydrogen-bond acceptors (Lipinski definition) is 5. The molecule has 3 rings (SSSR count). The predicted octanol–water partition coefficient (Wildman–Crippen LogP) is 2.23. The first kappa shape index (κ1) is 14.9. The number of carbonyl (C=O) groups is 1. The van der Waals surface area contributed by atoms with Crippen molar-refractivity contribution in [3.8, 4) is 17.2 Å². The minimum absolute atomic E-state index is 0.272. The van der Waals surface area contributed by atoms with Crippen LogP contribution < -0.4 is 19.6 Å². The highest BCUT2D eigenvalue weighted by Gasteiger charge is 2.17. The van der Waals surface area contributed by atoms with Gasteiger partial charge in [0.15, 0.2) is 11.5 Å². The van der Waals surface area contributed by atoms with E-state index in [1.165, 1.54) is 6.21 Å². The molecule has 1 heterocycles. The molecule has 0 unspecified atom stereocenters. The van der Waals surface area contributed by atoms with Gasteiger partial charge in [0.25, 0.3) is 5.91 Å². The minimum Gasteiger partial charge on any atom is -0.493 e. The zero-order valence-corrected chi connectivity index (χ0v) is 12.6. The first-order chi connectivity index (χ1) is 11.3. The van der Waals surface area contributed by atoms with Gasteiger partial charge in [0.2, 0.25) is 5.75 Å². The Kier molecular flexibility index (Phi) is 4.42. The third-order valence-electron chi connectivity index (χ3n) is 3.27. The Labute approximate surface area is 133 Å². The lowest BCUT2D eigenvalue weighted by Crippen LogP contribution is -2.18. The average Bonchev–Trinajstić information content (AvgIpc) is 2.61. The Morgan fingerprint density at radius 3 is 2.78 bits per heavy atom. The van der Waals surface area contributed by atoms with E-state index in [0.717, 1.165) is 5.56 Å². The normalized spacial score (nSPS) is 12.9. The molecule has 1 aliphatic heterocycles. The molecule has 0 aliphatic carbocycles. The van der Waals surface area contributed by atoms with Crippen molar-refractivity contribution in [3.05, 3.63) is 53.6 Å². The van der Waals surface area contributed by atoms with Gasteiger partial charge in [-0.2, -0.15) is 5.10 Å². The van der Waals surface area contributed by atoms with Gasteiger partial charge in [-0.05, 0) is 24.3 Å². The number of methoxy groups -OCH3 is 1. The summed E-state index contributed by atoms with van der Waals surface area (Å²) in [5.74, 6) is 1.49. The van der Waals surface area contributed by atoms with Gasteiger partial charge in [0.05, 0.1) is 13.3 Å². The van der Waals surface area contributed by atoms with Crippen molar-refractivity contribution < 1.29 is 19.0 Å². The largest absolute Gasteiger partial charge is 0.493 e. The lowest BCUT2D eigenvalue weighted by Gasteiger charge is -2.20. The number of nitrogens with one attached hydrogen (secondary N) is 1. The molecular weight excluding hydrogens is 296 g/mol. The number of ether oxygens (including phenoxy) is 3. The number of hydrazone groups is 1. The van der Waals surface area contributed by atoms with Gasteiger partial charge in [-0.1, -0.05) is 18.2 Å². The van der Waals surface area contributed by atoms with E-state index in [1.807, 2.05) is 6.07 Å². The van der Waals surface area contributed by atoms with Gasteiger partial charge in [0, 0.05) is 11.1 Å². The highest BCUT2D eigenvalue weighted by atomic mass is 16.6. The second-order valence-corrected chi connectivity index (χ2v) is 4.81. The second-order valence-electron chi connectivity index (χ2n) is 4.81. The third kappa shape index (κ3) is 3.42. The Bertz CT molecular complexity index is 712. The Morgan fingerprint density at radius 1 is 1.22 bits per heavy atom. The van der Waals surface area contributed by atoms with Gasteiger partial charge in [-0.15, -0.1) is 0 Å². The molecule has 0 aromatic heterocycles. The van der Waals surface area contributed by atoms with Crippen LogP contribution in [-0.4, -0.2) is 32.4 Å². The maximum absolute atomic E-state index is 11.9. The molecule has 2 aromatic carbocycles. The van der Waals surface area contributed by atoms with Crippen molar-refractivity contribution in [2.24, 2.45) is 5.10 Å². The third-order valence-corrected chi connectivity index (χ3v) is 3.27. The first-order valence-electron chi connectivity index (χ1n) is 7.14. The standard InChI is InChI=1S/C17H16N2O4/c1-21-14-9-12(10-15-16(14)23-8-7-22-15)11-18-19-17(20)13-5-3-2-4-6-13/h2-6,9-11H,7-8H2,1H3,(H,19,20)/b18-11-. The molecule has 0 radical (unpaired) electrons. The summed E-state index contributed by atoms with van der Waals surface area (Å²) in [7, 11) is 1.56. The Balaban J connectivity index is 1.74. The summed E-state index contributed by atoms with van der Waals surface area (Å²) in [6.07, 6.45) is 1.53. The molecule has 6 heteroatoms. The SMILES string of the molecule is COc1cc(/C=N\NC(=O)c2ccccc2)cc2c1OCCO2. The number of nitrogens with zero attached hydrogens (tertiary/aromatic N) is 1. The number of hydrogen-bond donors (Lipinski definition) is 1. The molecule has 0 bridgehead atoms. The van der Waals surface area contributed by atoms with Crippen molar-refractivity contribution >= 4 is 12.1 Å². The predicted molar refractivity (Wildman–Crippen MR) is 85.5 cm³/mol. The fourth-order valence-electron chi connectivity index (χ4n) is 2.19. The van der Waals surface area contributed by atoms with E-state index in [-0.39, 0.29) is 5.91 Å². The minimum atomic E-state index is -0.272. The number of amides is 1. The van der Waals surface area contributed by atoms with E-state index >= 15 is 0 Å². The van der Waals surface area contributed by atoms with Gasteiger partial charge in [0.1, 0.15) is 13.2 Å². The van der Waals surface area contributed by atoms with E-state index in [1.54, 1.807) is 43.5 Å². The maximum atomic E-state index is 11.9. The Hall–Kier alpha value is -3.02. The quantitative estimate of drug-likeness (QED) is 0.694. The highest BCUT2D eigenvalue weighted by Crippen LogP contribution is 2.39. The lowest BCUT2D eigenvalue weighted by atomic mass is 10.2. The van der Waals surface area contributed by atoms with Crippen LogP contribution in [0.3, 0.4) is 0 Å². The number of benzene rings is 2. The molecule has 1 N–H and O–H groups in total. The van der Waals surface area contributed by atoms with Crippen LogP contribution in [0.4, 0.5) is 0 Å². The summed E-state index contributed by atoms with van der Waals surface area (Å²) in [6.45, 7) is 0.978. The van der Waals surface area contributed by atoms with E-state index in [9.17, 15) is 4.79 Å². The summed E-state index contributed by atoms with van der Waals surface area (Å²) in [5.41, 5.74) is 3.76. The summed E-state index contributed by atoms with van der Waals surface area (Å²) in [4.78, 5) is 11.9. The molecular formula is C17H16N2O4. The molecule has 1 aliphatic rings. The molecule has 2 aromatic rings. The lowest BCUT2D eigenvalue weighted by molar-refractivity contribution is 0.0955. The molecule has 23 heavy (non-hydrogen) atoms. The fourth-order valence-corrected chi connectivity index (χ4v) is 2.19. The van der Waals surface area contributed by atoms with Crippen LogP contribution in [0, 0.1) is 0 Å². The maximum Gasteiger partial charge on any atom is 0.271 e. The molecule has 0 spiro atoms. The van der Waals surface area contributed by atoms with E-state index in [2.05, 4.69) is 10.5 Å². The van der Waals surface area contributed by atoms with Gasteiger partial charge in [-0.3, -0.25) is 4.79 Å². The van der Waals surface area contributed by atoms with Crippen molar-refractivity contribution in [2.75, 3.05) is 20.3 Å². The van der Waals surface area contributed by atoms with Crippen LogP contribution in [0.1, 0.15) is 15.9 Å². The van der Waals surface area contributed by atoms with Gasteiger partial charge in [-0.25, -0.2) is 5.43 Å². The molecule has 0 fully saturated rings. The highest BCUT2D eigenvalue weighted by molar-refractivity contribution is 5.94. The van der Waals surface area contributed by atoms with Crippen LogP contribution in [-0.2, 0) is 0 Å². The van der Waals surface area contributed by atoms with E-state index in [0.29, 0.717) is 36.0 Å². The first-order valence-corrected chi connectivity index (χ1v) is 7.14. The smallest absolute Gasteiger partial charge is 0.271 e. The van der Waals surface area contributed by atoms with Crippen LogP contribution in [0.2, 0.25) is 0 Å². The monoisotopic (exact) mass is 312 g/mol. The molecule has 0 saturated carbocycles. The van der Waals surface area contributed by atoms with Crippen molar-refractivity contribution in [3.63, 3.8) is 0 Å². The number of fused-ring (bicyclic) bond motifs is 1. The van der Waals surface area contributed by atoms with Crippen LogP contribution in [0.5, 0.6) is 17.2 Å². The summed E-state index contributed by atoms with van der Waals surface area (Å²) < 4.78 is 16.4. The average molecular weight is 312 g/mol. The summed E-state index contributed by atoms with van der Waals surface area (Å²) in [6, 6.07) is 12.4.